The summed E-state index contributed by atoms with van der Waals surface area (Å²) >= 11 is 15.2. The average molecular weight is 709 g/mol. The number of esters is 2. The monoisotopic (exact) mass is 708 g/mol. The van der Waals surface area contributed by atoms with Crippen LogP contribution >= 0.6 is 71.2 Å². The van der Waals surface area contributed by atoms with Gasteiger partial charge in [-0.2, -0.15) is 0 Å². The Kier molecular flexibility index (Phi) is 23.0. The van der Waals surface area contributed by atoms with Crippen LogP contribution in [0.2, 0.25) is 0 Å². The molecular weight excluding hydrogens is 671 g/mol. The maximum absolute atomic E-state index is 13.2. The van der Waals surface area contributed by atoms with E-state index in [0.717, 1.165) is 11.4 Å². The van der Waals surface area contributed by atoms with E-state index in [1.165, 1.54) is 28.4 Å². The van der Waals surface area contributed by atoms with E-state index < -0.39 is 49.7 Å². The molecule has 0 amide bonds. The van der Waals surface area contributed by atoms with Crippen molar-refractivity contribution in [3.05, 3.63) is 0 Å². The molecule has 0 rings (SSSR count). The van der Waals surface area contributed by atoms with Gasteiger partial charge in [0, 0.05) is 20.1 Å². The Morgan fingerprint density at radius 1 is 0.897 bits per heavy atom. The van der Waals surface area contributed by atoms with E-state index in [9.17, 15) is 23.7 Å². The van der Waals surface area contributed by atoms with Crippen molar-refractivity contribution in [2.24, 2.45) is 5.92 Å². The highest BCUT2D eigenvalue weighted by molar-refractivity contribution is 8.89. The molecule has 3 atom stereocenters. The highest BCUT2D eigenvalue weighted by Gasteiger charge is 2.59. The van der Waals surface area contributed by atoms with E-state index in [0.29, 0.717) is 29.7 Å². The first kappa shape index (κ1) is 41.9. The minimum Gasteiger partial charge on any atom is -0.466 e. The molecular formula is C20H38O11P2S6. The van der Waals surface area contributed by atoms with Crippen LogP contribution in [0.4, 0.5) is 0 Å². The van der Waals surface area contributed by atoms with Crippen LogP contribution in [0.1, 0.15) is 47.0 Å². The first-order valence-corrected chi connectivity index (χ1v) is 20.8. The molecule has 19 heteroatoms. The van der Waals surface area contributed by atoms with Crippen molar-refractivity contribution < 1.29 is 50.6 Å². The van der Waals surface area contributed by atoms with Gasteiger partial charge in [-0.25, -0.2) is 0 Å². The van der Waals surface area contributed by atoms with Crippen molar-refractivity contribution in [2.45, 2.75) is 57.4 Å². The van der Waals surface area contributed by atoms with Crippen LogP contribution in [0.15, 0.2) is 0 Å². The Morgan fingerprint density at radius 2 is 1.38 bits per heavy atom. The second-order valence-electron chi connectivity index (χ2n) is 7.03. The van der Waals surface area contributed by atoms with E-state index in [2.05, 4.69) is 25.3 Å². The molecule has 11 nitrogen and oxygen atoms in total. The predicted molar refractivity (Wildman–Crippen MR) is 169 cm³/mol. The fraction of sp³-hybridized carbons (Fsp3) is 0.800. The van der Waals surface area contributed by atoms with E-state index in [1.807, 2.05) is 0 Å². The summed E-state index contributed by atoms with van der Waals surface area (Å²) in [7, 11) is 5.51. The number of rotatable bonds is 19. The first-order chi connectivity index (χ1) is 18.2. The zero-order chi connectivity index (χ0) is 30.9. The van der Waals surface area contributed by atoms with Gasteiger partial charge in [-0.05, 0) is 38.5 Å². The third kappa shape index (κ3) is 12.9. The lowest BCUT2D eigenvalue weighted by molar-refractivity contribution is -0.149. The minimum atomic E-state index is -3.45. The van der Waals surface area contributed by atoms with Gasteiger partial charge >= 0.3 is 11.9 Å². The summed E-state index contributed by atoms with van der Waals surface area (Å²) < 4.78 is 43.0. The SMILES string of the molecule is CCC(C(=O)S)C(CC)(C(=O)S)P(=O)(SOC)SOC.CCOC(=O)CC(SP(=S)(OC)OC)C(=O)OCC. The Bertz CT molecular complexity index is 876. The predicted octanol–water partition coefficient (Wildman–Crippen LogP) is 5.98. The molecule has 0 aromatic heterocycles. The van der Waals surface area contributed by atoms with E-state index in [-0.39, 0.29) is 26.1 Å². The largest absolute Gasteiger partial charge is 0.466 e. The number of hydrogen-bond donors (Lipinski definition) is 2. The summed E-state index contributed by atoms with van der Waals surface area (Å²) in [6, 6.07) is 0. The molecule has 0 heterocycles. The van der Waals surface area contributed by atoms with Crippen molar-refractivity contribution in [1.82, 2.24) is 0 Å². The first-order valence-electron chi connectivity index (χ1n) is 11.4. The van der Waals surface area contributed by atoms with Crippen molar-refractivity contribution in [2.75, 3.05) is 41.7 Å². The molecule has 0 bridgehead atoms. The summed E-state index contributed by atoms with van der Waals surface area (Å²) in [5.41, 5.74) is -6.10. The number of hydrogen-bond acceptors (Lipinski definition) is 15. The smallest absolute Gasteiger partial charge is 0.320 e. The molecule has 39 heavy (non-hydrogen) atoms. The van der Waals surface area contributed by atoms with Gasteiger partial charge in [-0.3, -0.25) is 23.7 Å². The van der Waals surface area contributed by atoms with Crippen molar-refractivity contribution in [3.63, 3.8) is 0 Å². The lowest BCUT2D eigenvalue weighted by atomic mass is 9.88. The zero-order valence-corrected chi connectivity index (χ0v) is 29.9. The van der Waals surface area contributed by atoms with Gasteiger partial charge in [0.15, 0.2) is 5.12 Å². The average Bonchev–Trinajstić information content (AvgIpc) is 2.87. The number of carbonyl (C=O) groups excluding carboxylic acids is 4. The number of thiol groups is 2. The second-order valence-corrected chi connectivity index (χ2v) is 21.9. The molecule has 0 fully saturated rings. The summed E-state index contributed by atoms with van der Waals surface area (Å²) in [5.74, 6) is -1.83. The van der Waals surface area contributed by atoms with Gasteiger partial charge in [0.25, 0.3) is 5.55 Å². The molecule has 0 aromatic rings. The van der Waals surface area contributed by atoms with E-state index >= 15 is 0 Å². The van der Waals surface area contributed by atoms with Gasteiger partial charge in [0.2, 0.25) is 10.8 Å². The molecule has 0 saturated carbocycles. The lowest BCUT2D eigenvalue weighted by Crippen LogP contribution is -2.44. The molecule has 3 unspecified atom stereocenters. The standard InChI is InChI=1S/C10H19O6PS2.C10H19O5PS4/c1-5-15-9(11)7-8(10(12)16-6-2)19-17(18,13-3)14-4;1-5-7(8(11)17)10(6-2,9(12)18)16(13,19-14-3)20-15-4/h8H,5-7H2,1-4H3;7H,5-6H2,1-4H3,(H,11,17)(H,12,18). The molecule has 0 aliphatic heterocycles. The minimum absolute atomic E-state index is 0.123. The number of carbonyl (C=O) groups is 4. The van der Waals surface area contributed by atoms with Gasteiger partial charge in [0.05, 0.1) is 57.2 Å². The highest BCUT2D eigenvalue weighted by Crippen LogP contribution is 2.80. The summed E-state index contributed by atoms with van der Waals surface area (Å²) in [4.78, 5) is 47.2. The molecule has 0 aromatic carbocycles. The Balaban J connectivity index is 0. The normalized spacial score (nSPS) is 14.7. The van der Waals surface area contributed by atoms with Gasteiger partial charge < -0.3 is 26.9 Å². The molecule has 230 valence electrons. The van der Waals surface area contributed by atoms with Crippen LogP contribution in [0, 0.1) is 5.92 Å². The van der Waals surface area contributed by atoms with Gasteiger partial charge in [0.1, 0.15) is 10.4 Å². The summed E-state index contributed by atoms with van der Waals surface area (Å²) in [6.07, 6.45) is 0.369. The molecule has 0 aliphatic carbocycles. The third-order valence-corrected chi connectivity index (χ3v) is 19.3. The lowest BCUT2D eigenvalue weighted by Gasteiger charge is -2.39. The fourth-order valence-electron chi connectivity index (χ4n) is 3.19. The highest BCUT2D eigenvalue weighted by atomic mass is 33.1. The molecule has 0 saturated heterocycles. The van der Waals surface area contributed by atoms with Crippen LogP contribution in [0.5, 0.6) is 0 Å². The Hall–Kier alpha value is 0.750. The summed E-state index contributed by atoms with van der Waals surface area (Å²) in [6.45, 7) is 7.28. The quantitative estimate of drug-likeness (QED) is 0.0703. The summed E-state index contributed by atoms with van der Waals surface area (Å²) in [5, 5.41) is -3.38. The Labute approximate surface area is 259 Å². The molecule has 0 aliphatic rings. The molecule has 0 spiro atoms. The Morgan fingerprint density at radius 3 is 1.69 bits per heavy atom. The second kappa shape index (κ2) is 21.4. The topological polar surface area (TPSA) is 141 Å². The van der Waals surface area contributed by atoms with Crippen molar-refractivity contribution >= 4 is 105 Å². The van der Waals surface area contributed by atoms with E-state index in [4.69, 9.17) is 38.7 Å². The van der Waals surface area contributed by atoms with E-state index in [1.54, 1.807) is 27.7 Å². The van der Waals surface area contributed by atoms with Crippen LogP contribution in [0.3, 0.4) is 0 Å². The van der Waals surface area contributed by atoms with Crippen molar-refractivity contribution in [3.8, 4) is 0 Å². The maximum Gasteiger partial charge on any atom is 0.320 e. The van der Waals surface area contributed by atoms with Gasteiger partial charge in [-0.1, -0.05) is 25.2 Å². The number of ether oxygens (including phenoxy) is 2. The van der Waals surface area contributed by atoms with Crippen LogP contribution in [-0.4, -0.2) is 74.2 Å². The molecule has 0 radical (unpaired) electrons. The van der Waals surface area contributed by atoms with Crippen LogP contribution in [-0.2, 0) is 62.4 Å². The fourth-order valence-corrected chi connectivity index (χ4v) is 16.1. The van der Waals surface area contributed by atoms with Crippen LogP contribution in [0.25, 0.3) is 0 Å². The third-order valence-electron chi connectivity index (χ3n) is 4.94. The molecule has 0 N–H and O–H groups in total. The zero-order valence-electron chi connectivity index (χ0n) is 23.1. The van der Waals surface area contributed by atoms with Gasteiger partial charge in [-0.15, -0.1) is 25.3 Å². The van der Waals surface area contributed by atoms with Crippen molar-refractivity contribution in [1.29, 1.82) is 0 Å². The maximum atomic E-state index is 13.2. The van der Waals surface area contributed by atoms with Crippen LogP contribution < -0.4 is 0 Å².